The van der Waals surface area contributed by atoms with Gasteiger partial charge in [-0.15, -0.1) is 10.2 Å². The number of rotatable bonds is 4. The molecule has 9 heteroatoms. The summed E-state index contributed by atoms with van der Waals surface area (Å²) in [6.07, 6.45) is 0. The van der Waals surface area contributed by atoms with Crippen molar-refractivity contribution in [3.8, 4) is 0 Å². The van der Waals surface area contributed by atoms with Crippen LogP contribution < -0.4 is 0 Å². The molecule has 0 aliphatic carbocycles. The fourth-order valence-corrected chi connectivity index (χ4v) is 3.41. The summed E-state index contributed by atoms with van der Waals surface area (Å²) in [6.45, 7) is 27.4. The molecule has 3 rings (SSSR count). The average molecular weight is 410 g/mol. The first-order chi connectivity index (χ1) is 13.9. The third-order valence-electron chi connectivity index (χ3n) is 4.93. The lowest BCUT2D eigenvalue weighted by Crippen LogP contribution is -2.13. The van der Waals surface area contributed by atoms with Gasteiger partial charge in [0.2, 0.25) is 0 Å². The van der Waals surface area contributed by atoms with Crippen molar-refractivity contribution in [1.82, 2.24) is 29.2 Å². The van der Waals surface area contributed by atoms with E-state index < -0.39 is 0 Å². The highest BCUT2D eigenvalue weighted by atomic mass is 15.5. The molecule has 0 atom stereocenters. The molecule has 9 nitrogen and oxygen atoms in total. The SMILES string of the molecule is [C-]#[N+]c1c(C(C)(C)C)nn(CC)c1/N=N/c1c(C(C)(C)C)nn2c(C)nn(CC)c12. The van der Waals surface area contributed by atoms with Crippen molar-refractivity contribution < 1.29 is 0 Å². The molecule has 0 amide bonds. The molecule has 30 heavy (non-hydrogen) atoms. The second-order valence-electron chi connectivity index (χ2n) is 9.44. The summed E-state index contributed by atoms with van der Waals surface area (Å²) in [6, 6.07) is 0. The topological polar surface area (TPSA) is 82.0 Å². The van der Waals surface area contributed by atoms with Crippen molar-refractivity contribution in [2.45, 2.75) is 86.2 Å². The van der Waals surface area contributed by atoms with Crippen LogP contribution in [0.4, 0.5) is 17.2 Å². The normalized spacial score (nSPS) is 12.9. The molecule has 0 spiro atoms. The minimum atomic E-state index is -0.260. The van der Waals surface area contributed by atoms with Crippen LogP contribution in [0.3, 0.4) is 0 Å². The van der Waals surface area contributed by atoms with Crippen LogP contribution in [-0.4, -0.2) is 29.2 Å². The van der Waals surface area contributed by atoms with Crippen LogP contribution >= 0.6 is 0 Å². The zero-order chi connectivity index (χ0) is 22.4. The zero-order valence-corrected chi connectivity index (χ0v) is 19.4. The van der Waals surface area contributed by atoms with Gasteiger partial charge in [0.25, 0.3) is 5.69 Å². The summed E-state index contributed by atoms with van der Waals surface area (Å²) in [7, 11) is 0. The maximum absolute atomic E-state index is 7.73. The van der Waals surface area contributed by atoms with E-state index in [-0.39, 0.29) is 10.8 Å². The molecule has 0 bridgehead atoms. The maximum Gasteiger partial charge on any atom is 0.255 e. The highest BCUT2D eigenvalue weighted by Gasteiger charge is 2.29. The maximum atomic E-state index is 7.73. The fourth-order valence-electron chi connectivity index (χ4n) is 3.41. The lowest BCUT2D eigenvalue weighted by molar-refractivity contribution is 0.542. The standard InChI is InChI=1S/C21H31N9/c1-11-28-18(14(22-10)16(26-28)20(4,5)6)24-23-15-17(21(7,8)9)27-30-13(3)25-29(12-2)19(15)30/h11-12H2,1-9H3/b24-23+. The predicted molar refractivity (Wildman–Crippen MR) is 117 cm³/mol. The minimum absolute atomic E-state index is 0.227. The van der Waals surface area contributed by atoms with Gasteiger partial charge in [-0.05, 0) is 26.2 Å². The summed E-state index contributed by atoms with van der Waals surface area (Å²) in [5.41, 5.74) is 3.04. The molecule has 0 saturated carbocycles. The second kappa shape index (κ2) is 7.35. The molecule has 3 aromatic rings. The third kappa shape index (κ3) is 3.51. The van der Waals surface area contributed by atoms with Crippen LogP contribution in [0, 0.1) is 13.5 Å². The monoisotopic (exact) mass is 409 g/mol. The Hall–Kier alpha value is -3.02. The van der Waals surface area contributed by atoms with Crippen molar-refractivity contribution in [3.63, 3.8) is 0 Å². The molecule has 0 aromatic carbocycles. The first-order valence-electron chi connectivity index (χ1n) is 10.3. The molecule has 3 aromatic heterocycles. The molecule has 0 unspecified atom stereocenters. The summed E-state index contributed by atoms with van der Waals surface area (Å²) in [4.78, 5) is 3.75. The lowest BCUT2D eigenvalue weighted by Gasteiger charge is -2.15. The van der Waals surface area contributed by atoms with Crippen LogP contribution in [0.15, 0.2) is 10.2 Å². The van der Waals surface area contributed by atoms with Gasteiger partial charge in [-0.25, -0.2) is 9.53 Å². The van der Waals surface area contributed by atoms with Gasteiger partial charge in [0.15, 0.2) is 17.2 Å². The lowest BCUT2D eigenvalue weighted by atomic mass is 9.91. The van der Waals surface area contributed by atoms with Gasteiger partial charge < -0.3 is 0 Å². The molecule has 0 aliphatic heterocycles. The Morgan fingerprint density at radius 2 is 1.47 bits per heavy atom. The molecule has 0 N–H and O–H groups in total. The Morgan fingerprint density at radius 3 is 1.97 bits per heavy atom. The van der Waals surface area contributed by atoms with Crippen LogP contribution in [0.1, 0.15) is 72.6 Å². The van der Waals surface area contributed by atoms with Crippen LogP contribution in [0.5, 0.6) is 0 Å². The second-order valence-corrected chi connectivity index (χ2v) is 9.44. The van der Waals surface area contributed by atoms with Crippen LogP contribution in [0.25, 0.3) is 10.5 Å². The van der Waals surface area contributed by atoms with E-state index >= 15 is 0 Å². The average Bonchev–Trinajstić information content (AvgIpc) is 3.29. The summed E-state index contributed by atoms with van der Waals surface area (Å²) in [5.74, 6) is 1.28. The molecule has 0 aliphatic rings. The summed E-state index contributed by atoms with van der Waals surface area (Å²) >= 11 is 0. The molecular weight excluding hydrogens is 378 g/mol. The van der Waals surface area contributed by atoms with Gasteiger partial charge in [-0.1, -0.05) is 41.5 Å². The van der Waals surface area contributed by atoms with E-state index in [0.29, 0.717) is 30.3 Å². The molecular formula is C21H31N9. The Bertz CT molecular complexity index is 1150. The first-order valence-corrected chi connectivity index (χ1v) is 10.3. The van der Waals surface area contributed by atoms with Crippen molar-refractivity contribution in [3.05, 3.63) is 28.6 Å². The van der Waals surface area contributed by atoms with Crippen molar-refractivity contribution in [1.29, 1.82) is 0 Å². The Labute approximate surface area is 177 Å². The minimum Gasteiger partial charge on any atom is -0.257 e. The quantitative estimate of drug-likeness (QED) is 0.413. The number of nitrogens with zero attached hydrogens (tertiary/aromatic N) is 9. The Balaban J connectivity index is 2.27. The largest absolute Gasteiger partial charge is 0.257 e. The van der Waals surface area contributed by atoms with Gasteiger partial charge >= 0.3 is 0 Å². The smallest absolute Gasteiger partial charge is 0.255 e. The molecule has 0 saturated heterocycles. The van der Waals surface area contributed by atoms with E-state index in [2.05, 4.69) is 46.0 Å². The number of aromatic nitrogens is 6. The van der Waals surface area contributed by atoms with E-state index in [9.17, 15) is 0 Å². The van der Waals surface area contributed by atoms with E-state index in [1.165, 1.54) is 0 Å². The Kier molecular flexibility index (Phi) is 5.31. The summed E-state index contributed by atoms with van der Waals surface area (Å²) in [5, 5.41) is 23.2. The van der Waals surface area contributed by atoms with Crippen LogP contribution in [0.2, 0.25) is 0 Å². The van der Waals surface area contributed by atoms with Gasteiger partial charge in [0.05, 0.1) is 18.0 Å². The van der Waals surface area contributed by atoms with E-state index in [0.717, 1.165) is 22.9 Å². The number of fused-ring (bicyclic) bond motifs is 1. The predicted octanol–water partition coefficient (Wildman–Crippen LogP) is 5.64. The number of azo groups is 1. The Morgan fingerprint density at radius 1 is 0.867 bits per heavy atom. The highest BCUT2D eigenvalue weighted by molar-refractivity contribution is 5.71. The van der Waals surface area contributed by atoms with Gasteiger partial charge in [0, 0.05) is 18.5 Å². The van der Waals surface area contributed by atoms with Gasteiger partial charge in [-0.3, -0.25) is 4.68 Å². The first kappa shape index (κ1) is 21.7. The van der Waals surface area contributed by atoms with E-state index in [1.54, 1.807) is 4.68 Å². The summed E-state index contributed by atoms with van der Waals surface area (Å²) < 4.78 is 5.46. The molecule has 0 fully saturated rings. The van der Waals surface area contributed by atoms with Gasteiger partial charge in [-0.2, -0.15) is 19.8 Å². The molecule has 160 valence electrons. The van der Waals surface area contributed by atoms with Crippen molar-refractivity contribution in [2.75, 3.05) is 0 Å². The molecule has 3 heterocycles. The third-order valence-corrected chi connectivity index (χ3v) is 4.93. The van der Waals surface area contributed by atoms with Crippen LogP contribution in [-0.2, 0) is 23.9 Å². The van der Waals surface area contributed by atoms with E-state index in [1.807, 2.05) is 50.7 Å². The molecule has 0 radical (unpaired) electrons. The fraction of sp³-hybridized carbons (Fsp3) is 0.619. The van der Waals surface area contributed by atoms with Crippen molar-refractivity contribution in [2.24, 2.45) is 10.2 Å². The highest BCUT2D eigenvalue weighted by Crippen LogP contribution is 2.41. The number of hydrogen-bond acceptors (Lipinski definition) is 5. The van der Waals surface area contributed by atoms with E-state index in [4.69, 9.17) is 11.7 Å². The van der Waals surface area contributed by atoms with Crippen molar-refractivity contribution >= 4 is 22.8 Å². The number of hydrogen-bond donors (Lipinski definition) is 0. The van der Waals surface area contributed by atoms with Gasteiger partial charge in [0.1, 0.15) is 5.82 Å². The number of aryl methyl sites for hydroxylation is 3. The zero-order valence-electron chi connectivity index (χ0n) is 19.4.